The number of anilines is 1. The smallest absolute Gasteiger partial charge is 0.275 e. The van der Waals surface area contributed by atoms with E-state index in [2.05, 4.69) is 10.8 Å². The number of hydrogen-bond donors (Lipinski definition) is 1. The predicted octanol–water partition coefficient (Wildman–Crippen LogP) is 3.77. The van der Waals surface area contributed by atoms with Gasteiger partial charge in [-0.3, -0.25) is 9.52 Å². The molecule has 0 aliphatic rings. The van der Waals surface area contributed by atoms with Gasteiger partial charge in [-0.2, -0.15) is 5.26 Å². The Balaban J connectivity index is 1.70. The Hall–Kier alpha value is -3.63. The molecule has 0 unspecified atom stereocenters. The number of sulfonamides is 1. The van der Waals surface area contributed by atoms with Gasteiger partial charge in [0, 0.05) is 12.2 Å². The van der Waals surface area contributed by atoms with Gasteiger partial charge >= 0.3 is 0 Å². The summed E-state index contributed by atoms with van der Waals surface area (Å²) in [5, 5.41) is 8.85. The van der Waals surface area contributed by atoms with Gasteiger partial charge in [0.25, 0.3) is 5.56 Å². The van der Waals surface area contributed by atoms with Gasteiger partial charge in [0.2, 0.25) is 10.0 Å². The van der Waals surface area contributed by atoms with Crippen LogP contribution >= 0.6 is 0 Å². The van der Waals surface area contributed by atoms with Crippen molar-refractivity contribution in [3.05, 3.63) is 112 Å². The zero-order valence-corrected chi connectivity index (χ0v) is 18.0. The highest BCUT2D eigenvalue weighted by Crippen LogP contribution is 2.11. The van der Waals surface area contributed by atoms with Gasteiger partial charge in [-0.15, -0.1) is 0 Å². The van der Waals surface area contributed by atoms with Crippen molar-refractivity contribution in [1.29, 1.82) is 5.26 Å². The van der Waals surface area contributed by atoms with Crippen molar-refractivity contribution in [2.24, 2.45) is 0 Å². The molecule has 3 rings (SSSR count). The monoisotopic (exact) mass is 433 g/mol. The quantitative estimate of drug-likeness (QED) is 0.548. The summed E-state index contributed by atoms with van der Waals surface area (Å²) in [6.07, 6.45) is 4.48. The van der Waals surface area contributed by atoms with Gasteiger partial charge in [-0.25, -0.2) is 8.42 Å². The molecule has 0 radical (unpaired) electrons. The zero-order valence-electron chi connectivity index (χ0n) is 17.2. The Labute approximate surface area is 182 Å². The topological polar surface area (TPSA) is 92.0 Å². The molecule has 6 nitrogen and oxygen atoms in total. The van der Waals surface area contributed by atoms with E-state index in [1.54, 1.807) is 49.4 Å². The molecule has 2 aromatic carbocycles. The number of aryl methyl sites for hydroxylation is 1. The molecular weight excluding hydrogens is 410 g/mol. The van der Waals surface area contributed by atoms with Crippen LogP contribution in [0, 0.1) is 18.3 Å². The fraction of sp³-hybridized carbons (Fsp3) is 0.167. The fourth-order valence-electron chi connectivity index (χ4n) is 3.09. The lowest BCUT2D eigenvalue weighted by Crippen LogP contribution is -2.27. The van der Waals surface area contributed by atoms with E-state index in [-0.39, 0.29) is 17.0 Å². The van der Waals surface area contributed by atoms with Crippen molar-refractivity contribution in [3.8, 4) is 6.07 Å². The summed E-state index contributed by atoms with van der Waals surface area (Å²) in [5.74, 6) is -0.203. The molecule has 3 aromatic rings. The van der Waals surface area contributed by atoms with Gasteiger partial charge in [0.1, 0.15) is 5.69 Å². The van der Waals surface area contributed by atoms with E-state index >= 15 is 0 Å². The number of nitrogens with zero attached hydrogens (tertiary/aromatic N) is 2. The van der Waals surface area contributed by atoms with Crippen LogP contribution in [0.25, 0.3) is 0 Å². The summed E-state index contributed by atoms with van der Waals surface area (Å²) in [7, 11) is -3.71. The molecule has 0 aliphatic carbocycles. The largest absolute Gasteiger partial charge is 0.307 e. The van der Waals surface area contributed by atoms with E-state index in [0.717, 1.165) is 11.3 Å². The highest BCUT2D eigenvalue weighted by molar-refractivity contribution is 7.91. The second-order valence-electron chi connectivity index (χ2n) is 7.14. The van der Waals surface area contributed by atoms with Crippen LogP contribution in [0.1, 0.15) is 22.4 Å². The maximum atomic E-state index is 12.8. The molecule has 1 N–H and O–H groups in total. The Morgan fingerprint density at radius 1 is 0.968 bits per heavy atom. The summed E-state index contributed by atoms with van der Waals surface area (Å²) < 4.78 is 28.9. The van der Waals surface area contributed by atoms with Crippen molar-refractivity contribution in [1.82, 2.24) is 4.57 Å². The van der Waals surface area contributed by atoms with Crippen molar-refractivity contribution < 1.29 is 8.42 Å². The second-order valence-corrected chi connectivity index (χ2v) is 8.86. The Kier molecular flexibility index (Phi) is 7.06. The number of nitriles is 1. The SMILES string of the molecule is Cc1ccc(NS(=O)(=O)Cc2ccccc2)c(=O)n1C/C=C/Cc1ccc(C#N)cc1. The molecule has 0 fully saturated rings. The number of hydrogen-bond acceptors (Lipinski definition) is 4. The molecular formula is C24H23N3O3S. The molecule has 0 bridgehead atoms. The third kappa shape index (κ3) is 6.17. The predicted molar refractivity (Wildman–Crippen MR) is 122 cm³/mol. The van der Waals surface area contributed by atoms with E-state index < -0.39 is 10.0 Å². The average molecular weight is 434 g/mol. The summed E-state index contributed by atoms with van der Waals surface area (Å²) >= 11 is 0. The highest BCUT2D eigenvalue weighted by atomic mass is 32.2. The Morgan fingerprint density at radius 2 is 1.68 bits per heavy atom. The lowest BCUT2D eigenvalue weighted by atomic mass is 10.1. The fourth-order valence-corrected chi connectivity index (χ4v) is 4.28. The Bertz CT molecular complexity index is 1270. The van der Waals surface area contributed by atoms with Crippen molar-refractivity contribution in [2.45, 2.75) is 25.6 Å². The van der Waals surface area contributed by atoms with Crippen LogP contribution < -0.4 is 10.3 Å². The zero-order chi connectivity index (χ0) is 22.3. The number of rotatable bonds is 8. The molecule has 0 saturated heterocycles. The van der Waals surface area contributed by atoms with Crippen LogP contribution in [-0.2, 0) is 28.7 Å². The average Bonchev–Trinajstić information content (AvgIpc) is 2.76. The van der Waals surface area contributed by atoms with Crippen molar-refractivity contribution >= 4 is 15.7 Å². The van der Waals surface area contributed by atoms with Crippen molar-refractivity contribution in [3.63, 3.8) is 0 Å². The third-order valence-electron chi connectivity index (χ3n) is 4.75. The molecule has 0 saturated carbocycles. The minimum atomic E-state index is -3.71. The van der Waals surface area contributed by atoms with Crippen LogP contribution in [0.3, 0.4) is 0 Å². The molecule has 0 spiro atoms. The number of benzene rings is 2. The molecule has 0 aliphatic heterocycles. The highest BCUT2D eigenvalue weighted by Gasteiger charge is 2.15. The second kappa shape index (κ2) is 9.92. The molecule has 0 amide bonds. The normalized spacial score (nSPS) is 11.4. The molecule has 1 heterocycles. The molecule has 158 valence electrons. The molecule has 0 atom stereocenters. The van der Waals surface area contributed by atoms with Crippen LogP contribution in [-0.4, -0.2) is 13.0 Å². The minimum absolute atomic E-state index is 0.0297. The first-order valence-electron chi connectivity index (χ1n) is 9.77. The Morgan fingerprint density at radius 3 is 2.35 bits per heavy atom. The summed E-state index contributed by atoms with van der Waals surface area (Å²) in [5.41, 5.74) is 2.69. The number of aromatic nitrogens is 1. The van der Waals surface area contributed by atoms with Crippen LogP contribution in [0.4, 0.5) is 5.69 Å². The summed E-state index contributed by atoms with van der Waals surface area (Å²) in [6, 6.07) is 21.4. The third-order valence-corrected chi connectivity index (χ3v) is 5.99. The van der Waals surface area contributed by atoms with E-state index in [4.69, 9.17) is 5.26 Å². The van der Waals surface area contributed by atoms with Gasteiger partial charge in [-0.1, -0.05) is 54.6 Å². The van der Waals surface area contributed by atoms with Gasteiger partial charge in [0.15, 0.2) is 0 Å². The molecule has 1 aromatic heterocycles. The lowest BCUT2D eigenvalue weighted by Gasteiger charge is -2.12. The van der Waals surface area contributed by atoms with E-state index in [0.29, 0.717) is 24.1 Å². The first-order valence-corrected chi connectivity index (χ1v) is 11.4. The van der Waals surface area contributed by atoms with Crippen molar-refractivity contribution in [2.75, 3.05) is 4.72 Å². The number of nitrogens with one attached hydrogen (secondary N) is 1. The van der Waals surface area contributed by atoms with Gasteiger partial charge in [0.05, 0.1) is 17.4 Å². The maximum absolute atomic E-state index is 12.8. The van der Waals surface area contributed by atoms with Gasteiger partial charge < -0.3 is 4.57 Å². The van der Waals surface area contributed by atoms with Gasteiger partial charge in [-0.05, 0) is 48.7 Å². The lowest BCUT2D eigenvalue weighted by molar-refractivity contribution is 0.600. The first kappa shape index (κ1) is 22.1. The van der Waals surface area contributed by atoms with E-state index in [1.165, 1.54) is 10.6 Å². The van der Waals surface area contributed by atoms with E-state index in [1.807, 2.05) is 30.4 Å². The molecule has 7 heteroatoms. The van der Waals surface area contributed by atoms with Crippen LogP contribution in [0.2, 0.25) is 0 Å². The van der Waals surface area contributed by atoms with Crippen LogP contribution in [0.15, 0.2) is 83.7 Å². The molecule has 31 heavy (non-hydrogen) atoms. The van der Waals surface area contributed by atoms with E-state index in [9.17, 15) is 13.2 Å². The first-order chi connectivity index (χ1) is 14.9. The maximum Gasteiger partial charge on any atom is 0.275 e. The summed E-state index contributed by atoms with van der Waals surface area (Å²) in [4.78, 5) is 12.8. The summed E-state index contributed by atoms with van der Waals surface area (Å²) in [6.45, 7) is 2.13. The standard InChI is InChI=1S/C24H23N3O3S/c1-19-10-15-23(26-31(29,30)18-22-8-3-2-4-9-22)24(28)27(19)16-6-5-7-20-11-13-21(17-25)14-12-20/h2-6,8-15,26H,7,16,18H2,1H3/b6-5+. The number of pyridine rings is 1. The van der Waals surface area contributed by atoms with Crippen LogP contribution in [0.5, 0.6) is 0 Å². The number of allylic oxidation sites excluding steroid dienone is 2. The minimum Gasteiger partial charge on any atom is -0.307 e.